The Labute approximate surface area is 237 Å². The van der Waals surface area contributed by atoms with E-state index in [1.54, 1.807) is 37.3 Å². The minimum absolute atomic E-state index is 0.244. The molecule has 2 amide bonds. The molecule has 1 aromatic heterocycles. The van der Waals surface area contributed by atoms with Gasteiger partial charge in [0.2, 0.25) is 0 Å². The van der Waals surface area contributed by atoms with Crippen molar-refractivity contribution in [1.82, 2.24) is 15.1 Å². The Bertz CT molecular complexity index is 1650. The van der Waals surface area contributed by atoms with E-state index in [0.29, 0.717) is 28.6 Å². The first-order valence-electron chi connectivity index (χ1n) is 12.8. The van der Waals surface area contributed by atoms with E-state index in [-0.39, 0.29) is 11.4 Å². The molecule has 2 heterocycles. The number of aryl methyl sites for hydroxylation is 1. The van der Waals surface area contributed by atoms with E-state index in [1.165, 1.54) is 35.0 Å². The van der Waals surface area contributed by atoms with Crippen LogP contribution in [0.5, 0.6) is 0 Å². The van der Waals surface area contributed by atoms with E-state index in [4.69, 9.17) is 4.74 Å². The minimum Gasteiger partial charge on any atom is -0.468 e. The van der Waals surface area contributed by atoms with Gasteiger partial charge in [-0.3, -0.25) is 19.3 Å². The highest BCUT2D eigenvalue weighted by atomic mass is 19.4. The fourth-order valence-corrected chi connectivity index (χ4v) is 5.06. The van der Waals surface area contributed by atoms with Crippen LogP contribution >= 0.6 is 0 Å². The van der Waals surface area contributed by atoms with Crippen molar-refractivity contribution in [3.63, 3.8) is 0 Å². The van der Waals surface area contributed by atoms with E-state index >= 15 is 0 Å². The van der Waals surface area contributed by atoms with Crippen LogP contribution in [0, 0.1) is 12.7 Å². The van der Waals surface area contributed by atoms with E-state index in [1.807, 2.05) is 0 Å². The average Bonchev–Trinajstić information content (AvgIpc) is 3.32. The van der Waals surface area contributed by atoms with Gasteiger partial charge in [0.15, 0.2) is 0 Å². The summed E-state index contributed by atoms with van der Waals surface area (Å²) in [7, 11) is 1.16. The number of nitrogens with zero attached hydrogens (tertiary/aromatic N) is 3. The molecular formula is C30H24F4N4O4. The van der Waals surface area contributed by atoms with Crippen molar-refractivity contribution >= 4 is 23.6 Å². The highest BCUT2D eigenvalue weighted by Gasteiger charge is 2.46. The summed E-state index contributed by atoms with van der Waals surface area (Å²) in [5, 5.41) is 7.23. The molecule has 5 rings (SSSR count). The van der Waals surface area contributed by atoms with Crippen molar-refractivity contribution < 1.29 is 36.7 Å². The van der Waals surface area contributed by atoms with Crippen LogP contribution in [-0.4, -0.2) is 47.3 Å². The summed E-state index contributed by atoms with van der Waals surface area (Å²) in [6.07, 6.45) is -4.69. The second-order valence-electron chi connectivity index (χ2n) is 9.63. The van der Waals surface area contributed by atoms with Crippen molar-refractivity contribution in [2.45, 2.75) is 25.1 Å². The number of hydrogen-bond donors (Lipinski definition) is 1. The second-order valence-corrected chi connectivity index (χ2v) is 9.63. The van der Waals surface area contributed by atoms with Crippen molar-refractivity contribution in [3.05, 3.63) is 113 Å². The third kappa shape index (κ3) is 5.35. The zero-order valence-corrected chi connectivity index (χ0v) is 22.4. The summed E-state index contributed by atoms with van der Waals surface area (Å²) in [5.41, 5.74) is 0.571. The lowest BCUT2D eigenvalue weighted by atomic mass is 9.81. The molecule has 3 aromatic carbocycles. The zero-order chi connectivity index (χ0) is 30.2. The molecular weight excluding hydrogens is 556 g/mol. The SMILES string of the molecule is COC(=O)CN1C(=O)[C@@H](NC(=O)c2cccc(C(F)(F)F)c2)[C@@H](c2ccc(F)cc2)c2c(C)nn(-c3ccccc3)c21. The van der Waals surface area contributed by atoms with Gasteiger partial charge in [0.1, 0.15) is 24.2 Å². The van der Waals surface area contributed by atoms with E-state index in [9.17, 15) is 31.9 Å². The van der Waals surface area contributed by atoms with Crippen LogP contribution in [0.15, 0.2) is 78.9 Å². The van der Waals surface area contributed by atoms with Gasteiger partial charge in [-0.05, 0) is 55.0 Å². The van der Waals surface area contributed by atoms with E-state index in [0.717, 1.165) is 24.1 Å². The van der Waals surface area contributed by atoms with Crippen LogP contribution in [0.3, 0.4) is 0 Å². The number of halogens is 4. The van der Waals surface area contributed by atoms with Crippen LogP contribution in [0.2, 0.25) is 0 Å². The molecule has 0 fully saturated rings. The second kappa shape index (κ2) is 11.1. The third-order valence-corrected chi connectivity index (χ3v) is 7.00. The Morgan fingerprint density at radius 3 is 2.33 bits per heavy atom. The van der Waals surface area contributed by atoms with Gasteiger partial charge in [0.25, 0.3) is 11.8 Å². The molecule has 1 aliphatic rings. The molecule has 12 heteroatoms. The van der Waals surface area contributed by atoms with Gasteiger partial charge in [0, 0.05) is 17.0 Å². The smallest absolute Gasteiger partial charge is 0.416 e. The van der Waals surface area contributed by atoms with Crippen LogP contribution in [0.1, 0.15) is 38.7 Å². The van der Waals surface area contributed by atoms with Gasteiger partial charge in [-0.25, -0.2) is 9.07 Å². The number of aromatic nitrogens is 2. The Balaban J connectivity index is 1.68. The number of carbonyl (C=O) groups is 3. The fraction of sp³-hybridized carbons (Fsp3) is 0.200. The highest BCUT2D eigenvalue weighted by molar-refractivity contribution is 6.07. The Morgan fingerprint density at radius 1 is 1.00 bits per heavy atom. The molecule has 1 N–H and O–H groups in total. The molecule has 4 aromatic rings. The first kappa shape index (κ1) is 28.5. The molecule has 1 aliphatic heterocycles. The molecule has 2 atom stereocenters. The monoisotopic (exact) mass is 580 g/mol. The number of fused-ring (bicyclic) bond motifs is 1. The lowest BCUT2D eigenvalue weighted by molar-refractivity contribution is -0.140. The first-order valence-corrected chi connectivity index (χ1v) is 12.8. The van der Waals surface area contributed by atoms with E-state index in [2.05, 4.69) is 10.4 Å². The summed E-state index contributed by atoms with van der Waals surface area (Å²) in [4.78, 5) is 41.1. The molecule has 0 bridgehead atoms. The minimum atomic E-state index is -4.69. The van der Waals surface area contributed by atoms with Gasteiger partial charge in [0.05, 0.1) is 24.1 Å². The van der Waals surface area contributed by atoms with Crippen LogP contribution in [-0.2, 0) is 20.5 Å². The Hall–Kier alpha value is -5.00. The molecule has 0 saturated heterocycles. The molecule has 8 nitrogen and oxygen atoms in total. The van der Waals surface area contributed by atoms with Crippen LogP contribution < -0.4 is 10.2 Å². The number of methoxy groups -OCH3 is 1. The molecule has 0 saturated carbocycles. The average molecular weight is 581 g/mol. The number of para-hydroxylation sites is 1. The number of amides is 2. The Kier molecular flexibility index (Phi) is 7.55. The standard InChI is InChI=1S/C30H24F4N4O4/c1-17-24-25(18-11-13-21(31)14-12-18)26(35-27(40)19-7-6-8-20(15-19)30(32,33)34)29(41)37(16-23(39)42-2)28(24)38(36-17)22-9-4-3-5-10-22/h3-15,25-26H,16H2,1-2H3,(H,35,40)/t25-,26-/m0/s1. The number of benzene rings is 3. The number of alkyl halides is 3. The van der Waals surface area contributed by atoms with Gasteiger partial charge in [-0.1, -0.05) is 36.4 Å². The number of esters is 1. The summed E-state index contributed by atoms with van der Waals surface area (Å²) < 4.78 is 60.3. The summed E-state index contributed by atoms with van der Waals surface area (Å²) >= 11 is 0. The lowest BCUT2D eigenvalue weighted by Crippen LogP contribution is -2.56. The van der Waals surface area contributed by atoms with Crippen molar-refractivity contribution in [2.24, 2.45) is 0 Å². The Morgan fingerprint density at radius 2 is 1.69 bits per heavy atom. The van der Waals surface area contributed by atoms with Gasteiger partial charge in [-0.2, -0.15) is 18.3 Å². The maximum Gasteiger partial charge on any atom is 0.416 e. The van der Waals surface area contributed by atoms with Crippen molar-refractivity contribution in [3.8, 4) is 5.69 Å². The zero-order valence-electron chi connectivity index (χ0n) is 22.4. The number of ether oxygens (including phenoxy) is 1. The number of anilines is 1. The van der Waals surface area contributed by atoms with Gasteiger partial charge in [-0.15, -0.1) is 0 Å². The molecule has 0 aliphatic carbocycles. The fourth-order valence-electron chi connectivity index (χ4n) is 5.06. The topological polar surface area (TPSA) is 93.5 Å². The number of hydrogen-bond acceptors (Lipinski definition) is 5. The first-order chi connectivity index (χ1) is 20.0. The number of nitrogens with one attached hydrogen (secondary N) is 1. The third-order valence-electron chi connectivity index (χ3n) is 7.00. The maximum absolute atomic E-state index is 14.2. The van der Waals surface area contributed by atoms with E-state index < -0.39 is 53.8 Å². The normalized spacial score (nSPS) is 16.6. The lowest BCUT2D eigenvalue weighted by Gasteiger charge is -2.38. The molecule has 0 radical (unpaired) electrons. The molecule has 42 heavy (non-hydrogen) atoms. The van der Waals surface area contributed by atoms with Crippen LogP contribution in [0.4, 0.5) is 23.4 Å². The van der Waals surface area contributed by atoms with Crippen molar-refractivity contribution in [2.75, 3.05) is 18.6 Å². The maximum atomic E-state index is 14.2. The molecule has 0 spiro atoms. The number of rotatable bonds is 6. The molecule has 0 unspecified atom stereocenters. The summed E-state index contributed by atoms with van der Waals surface area (Å²) in [6, 6.07) is 16.5. The summed E-state index contributed by atoms with van der Waals surface area (Å²) in [5.74, 6) is -3.66. The quantitative estimate of drug-likeness (QED) is 0.262. The predicted molar refractivity (Wildman–Crippen MR) is 144 cm³/mol. The largest absolute Gasteiger partial charge is 0.468 e. The van der Waals surface area contributed by atoms with Gasteiger partial charge >= 0.3 is 12.1 Å². The number of carbonyl (C=O) groups excluding carboxylic acids is 3. The molecule has 216 valence electrons. The highest BCUT2D eigenvalue weighted by Crippen LogP contribution is 2.43. The summed E-state index contributed by atoms with van der Waals surface area (Å²) in [6.45, 7) is 1.15. The van der Waals surface area contributed by atoms with Crippen LogP contribution in [0.25, 0.3) is 5.69 Å². The van der Waals surface area contributed by atoms with Gasteiger partial charge < -0.3 is 10.1 Å². The predicted octanol–water partition coefficient (Wildman–Crippen LogP) is 4.79. The van der Waals surface area contributed by atoms with Crippen molar-refractivity contribution in [1.29, 1.82) is 0 Å².